The van der Waals surface area contributed by atoms with Crippen molar-refractivity contribution in [3.8, 4) is 5.75 Å². The largest absolute Gasteiger partial charge is 0.486 e. The summed E-state index contributed by atoms with van der Waals surface area (Å²) in [5, 5.41) is 6.72. The number of hydrogen-bond acceptors (Lipinski definition) is 5. The monoisotopic (exact) mass is 340 g/mol. The highest BCUT2D eigenvalue weighted by Gasteiger charge is 2.22. The predicted octanol–water partition coefficient (Wildman–Crippen LogP) is 4.48. The Kier molecular flexibility index (Phi) is 4.62. The van der Waals surface area contributed by atoms with Crippen LogP contribution in [0, 0.1) is 0 Å². The molecule has 1 N–H and O–H groups in total. The maximum absolute atomic E-state index is 5.75. The number of benzene rings is 1. The van der Waals surface area contributed by atoms with Crippen molar-refractivity contribution in [2.45, 2.75) is 38.5 Å². The minimum Gasteiger partial charge on any atom is -0.486 e. The van der Waals surface area contributed by atoms with Crippen molar-refractivity contribution in [3.05, 3.63) is 70.1 Å². The molecule has 0 saturated carbocycles. The van der Waals surface area contributed by atoms with Crippen LogP contribution in [0.4, 0.5) is 0 Å². The van der Waals surface area contributed by atoms with Gasteiger partial charge in [0.05, 0.1) is 12.0 Å². The van der Waals surface area contributed by atoms with Crippen molar-refractivity contribution in [1.82, 2.24) is 10.3 Å². The number of nitrogens with zero attached hydrogens (tertiary/aromatic N) is 1. The Morgan fingerprint density at radius 1 is 1.25 bits per heavy atom. The maximum Gasteiger partial charge on any atom is 0.140 e. The first-order valence-corrected chi connectivity index (χ1v) is 9.17. The van der Waals surface area contributed by atoms with Gasteiger partial charge in [0.15, 0.2) is 0 Å². The Bertz CT molecular complexity index is 782. The van der Waals surface area contributed by atoms with Crippen LogP contribution in [0.25, 0.3) is 0 Å². The lowest BCUT2D eigenvalue weighted by atomic mass is 9.93. The summed E-state index contributed by atoms with van der Waals surface area (Å²) in [4.78, 5) is 4.66. The van der Waals surface area contributed by atoms with Crippen LogP contribution in [0.3, 0.4) is 0 Å². The summed E-state index contributed by atoms with van der Waals surface area (Å²) in [6.07, 6.45) is 5.18. The van der Waals surface area contributed by atoms with Gasteiger partial charge in [-0.25, -0.2) is 4.98 Å². The van der Waals surface area contributed by atoms with Gasteiger partial charge in [0.25, 0.3) is 0 Å². The molecule has 1 aliphatic carbocycles. The first-order chi connectivity index (χ1) is 11.9. The molecule has 2 aromatic heterocycles. The van der Waals surface area contributed by atoms with E-state index < -0.39 is 0 Å². The molecule has 0 spiro atoms. The molecule has 1 aliphatic rings. The van der Waals surface area contributed by atoms with Crippen molar-refractivity contribution in [1.29, 1.82) is 0 Å². The highest BCUT2D eigenvalue weighted by Crippen LogP contribution is 2.30. The predicted molar refractivity (Wildman–Crippen MR) is 94.1 cm³/mol. The SMILES string of the molecule is c1ccc(OCc2nc(CN[C@H]3CCCc4occc43)cs2)cc1. The molecule has 0 aliphatic heterocycles. The van der Waals surface area contributed by atoms with Gasteiger partial charge in [-0.1, -0.05) is 18.2 Å². The summed E-state index contributed by atoms with van der Waals surface area (Å²) >= 11 is 1.65. The van der Waals surface area contributed by atoms with E-state index in [4.69, 9.17) is 9.15 Å². The van der Waals surface area contributed by atoms with E-state index in [1.807, 2.05) is 30.3 Å². The zero-order valence-electron chi connectivity index (χ0n) is 13.4. The smallest absolute Gasteiger partial charge is 0.140 e. The van der Waals surface area contributed by atoms with Gasteiger partial charge in [-0.2, -0.15) is 0 Å². The van der Waals surface area contributed by atoms with Crippen LogP contribution in [0.15, 0.2) is 52.5 Å². The summed E-state index contributed by atoms with van der Waals surface area (Å²) in [6, 6.07) is 12.3. The molecule has 24 heavy (non-hydrogen) atoms. The van der Waals surface area contributed by atoms with E-state index in [9.17, 15) is 0 Å². The maximum atomic E-state index is 5.75. The van der Waals surface area contributed by atoms with Crippen LogP contribution in [0.5, 0.6) is 5.75 Å². The van der Waals surface area contributed by atoms with Crippen LogP contribution in [0.1, 0.15) is 40.9 Å². The second-order valence-corrected chi connectivity index (χ2v) is 6.90. The number of aromatic nitrogens is 1. The Balaban J connectivity index is 1.32. The molecule has 0 saturated heterocycles. The third-order valence-electron chi connectivity index (χ3n) is 4.29. The Morgan fingerprint density at radius 3 is 3.08 bits per heavy atom. The van der Waals surface area contributed by atoms with E-state index in [0.29, 0.717) is 12.6 Å². The Labute approximate surface area is 145 Å². The number of para-hydroxylation sites is 1. The summed E-state index contributed by atoms with van der Waals surface area (Å²) < 4.78 is 11.3. The lowest BCUT2D eigenvalue weighted by molar-refractivity contribution is 0.305. The van der Waals surface area contributed by atoms with Crippen molar-refractivity contribution >= 4 is 11.3 Å². The molecule has 5 heteroatoms. The Morgan fingerprint density at radius 2 is 2.17 bits per heavy atom. The van der Waals surface area contributed by atoms with Crippen molar-refractivity contribution in [2.24, 2.45) is 0 Å². The van der Waals surface area contributed by atoms with Gasteiger partial charge in [0.2, 0.25) is 0 Å². The van der Waals surface area contributed by atoms with Gasteiger partial charge in [-0.3, -0.25) is 0 Å². The standard InChI is InChI=1S/C19H20N2O2S/c1-2-5-15(6-3-1)23-12-19-21-14(13-24-19)11-20-17-7-4-8-18-16(17)9-10-22-18/h1-3,5-6,9-10,13,17,20H,4,7-8,11-12H2/t17-/m0/s1. The lowest BCUT2D eigenvalue weighted by Crippen LogP contribution is -2.24. The normalized spacial score (nSPS) is 16.8. The zero-order chi connectivity index (χ0) is 16.2. The van der Waals surface area contributed by atoms with E-state index in [1.165, 1.54) is 12.0 Å². The number of aryl methyl sites for hydroxylation is 1. The van der Waals surface area contributed by atoms with Crippen LogP contribution in [0.2, 0.25) is 0 Å². The molecule has 1 atom stereocenters. The third kappa shape index (κ3) is 3.52. The van der Waals surface area contributed by atoms with E-state index >= 15 is 0 Å². The van der Waals surface area contributed by atoms with Crippen LogP contribution < -0.4 is 10.1 Å². The minimum absolute atomic E-state index is 0.373. The minimum atomic E-state index is 0.373. The summed E-state index contributed by atoms with van der Waals surface area (Å²) in [5.74, 6) is 2.01. The zero-order valence-corrected chi connectivity index (χ0v) is 14.2. The highest BCUT2D eigenvalue weighted by molar-refractivity contribution is 7.09. The van der Waals surface area contributed by atoms with E-state index in [-0.39, 0.29) is 0 Å². The second-order valence-electron chi connectivity index (χ2n) is 5.96. The molecule has 0 fully saturated rings. The topological polar surface area (TPSA) is 47.3 Å². The first kappa shape index (κ1) is 15.4. The number of fused-ring (bicyclic) bond motifs is 1. The molecule has 0 radical (unpaired) electrons. The van der Waals surface area contributed by atoms with Gasteiger partial charge in [-0.15, -0.1) is 11.3 Å². The van der Waals surface area contributed by atoms with Crippen LogP contribution in [-0.2, 0) is 19.6 Å². The molecule has 0 amide bonds. The first-order valence-electron chi connectivity index (χ1n) is 8.29. The van der Waals surface area contributed by atoms with Gasteiger partial charge >= 0.3 is 0 Å². The number of ether oxygens (including phenoxy) is 1. The molecule has 2 heterocycles. The van der Waals surface area contributed by atoms with Crippen LogP contribution >= 0.6 is 11.3 Å². The molecule has 124 valence electrons. The van der Waals surface area contributed by atoms with Gasteiger partial charge in [-0.05, 0) is 31.0 Å². The molecule has 1 aromatic carbocycles. The van der Waals surface area contributed by atoms with E-state index in [2.05, 4.69) is 21.7 Å². The molecule has 0 bridgehead atoms. The highest BCUT2D eigenvalue weighted by atomic mass is 32.1. The second kappa shape index (κ2) is 7.20. The fourth-order valence-corrected chi connectivity index (χ4v) is 3.79. The van der Waals surface area contributed by atoms with Crippen molar-refractivity contribution < 1.29 is 9.15 Å². The molecule has 4 rings (SSSR count). The number of hydrogen-bond donors (Lipinski definition) is 1. The lowest BCUT2D eigenvalue weighted by Gasteiger charge is -2.22. The molecular weight excluding hydrogens is 320 g/mol. The van der Waals surface area contributed by atoms with E-state index in [1.54, 1.807) is 17.6 Å². The van der Waals surface area contributed by atoms with Gasteiger partial charge < -0.3 is 14.5 Å². The van der Waals surface area contributed by atoms with Crippen molar-refractivity contribution in [3.63, 3.8) is 0 Å². The van der Waals surface area contributed by atoms with E-state index in [0.717, 1.165) is 41.6 Å². The van der Waals surface area contributed by atoms with Gasteiger partial charge in [0.1, 0.15) is 23.1 Å². The molecular formula is C19H20N2O2S. The molecule has 3 aromatic rings. The van der Waals surface area contributed by atoms with Crippen LogP contribution in [-0.4, -0.2) is 4.98 Å². The summed E-state index contributed by atoms with van der Waals surface area (Å²) in [5.41, 5.74) is 2.38. The molecule has 4 nitrogen and oxygen atoms in total. The number of furan rings is 1. The fourth-order valence-electron chi connectivity index (χ4n) is 3.08. The van der Waals surface area contributed by atoms with Crippen molar-refractivity contribution in [2.75, 3.05) is 0 Å². The molecule has 0 unspecified atom stereocenters. The number of thiazole rings is 1. The average Bonchev–Trinajstić information content (AvgIpc) is 3.28. The fraction of sp³-hybridized carbons (Fsp3) is 0.316. The number of rotatable bonds is 6. The van der Waals surface area contributed by atoms with Gasteiger partial charge in [0, 0.05) is 30.0 Å². The third-order valence-corrected chi connectivity index (χ3v) is 5.16. The summed E-state index contributed by atoms with van der Waals surface area (Å²) in [7, 11) is 0. The number of nitrogens with one attached hydrogen (secondary N) is 1. The Hall–Kier alpha value is -2.11. The summed E-state index contributed by atoms with van der Waals surface area (Å²) in [6.45, 7) is 1.29. The quantitative estimate of drug-likeness (QED) is 0.718. The average molecular weight is 340 g/mol.